The third-order valence-electron chi connectivity index (χ3n) is 5.69. The molecule has 0 radical (unpaired) electrons. The van der Waals surface area contributed by atoms with Crippen molar-refractivity contribution in [2.24, 2.45) is 5.41 Å². The van der Waals surface area contributed by atoms with Gasteiger partial charge in [-0.15, -0.1) is 0 Å². The molecule has 1 atom stereocenters. The van der Waals surface area contributed by atoms with Crippen molar-refractivity contribution in [2.45, 2.75) is 45.1 Å². The van der Waals surface area contributed by atoms with E-state index >= 15 is 0 Å². The minimum atomic E-state index is -0.427. The fourth-order valence-corrected chi connectivity index (χ4v) is 4.16. The molecular weight excluding hydrogens is 369 g/mol. The molecule has 1 aromatic heterocycles. The summed E-state index contributed by atoms with van der Waals surface area (Å²) in [5.74, 6) is 1.21. The number of nitrogens with zero attached hydrogens (tertiary/aromatic N) is 1. The van der Waals surface area contributed by atoms with E-state index in [-0.39, 0.29) is 17.8 Å². The monoisotopic (exact) mass is 395 g/mol. The van der Waals surface area contributed by atoms with Gasteiger partial charge in [0.25, 0.3) is 0 Å². The van der Waals surface area contributed by atoms with Crippen molar-refractivity contribution in [2.75, 3.05) is 6.54 Å². The van der Waals surface area contributed by atoms with Crippen molar-refractivity contribution >= 4 is 16.9 Å². The number of amides is 1. The molecule has 1 heterocycles. The second kappa shape index (κ2) is 8.23. The number of aromatic amines is 1. The van der Waals surface area contributed by atoms with E-state index in [1.54, 1.807) is 12.1 Å². The maximum absolute atomic E-state index is 13.1. The van der Waals surface area contributed by atoms with E-state index in [0.29, 0.717) is 18.7 Å². The number of fused-ring (bicyclic) bond motifs is 1. The summed E-state index contributed by atoms with van der Waals surface area (Å²) >= 11 is 0. The van der Waals surface area contributed by atoms with E-state index in [1.165, 1.54) is 12.1 Å². The predicted molar refractivity (Wildman–Crippen MR) is 110 cm³/mol. The Hall–Kier alpha value is -2.89. The first-order valence-corrected chi connectivity index (χ1v) is 10.2. The molecule has 3 aromatic rings. The zero-order valence-electron chi connectivity index (χ0n) is 16.6. The van der Waals surface area contributed by atoms with Crippen LogP contribution in [0.5, 0.6) is 5.75 Å². The van der Waals surface area contributed by atoms with Crippen molar-refractivity contribution in [3.05, 3.63) is 60.2 Å². The molecule has 0 aliphatic heterocycles. The third kappa shape index (κ3) is 4.42. The summed E-state index contributed by atoms with van der Waals surface area (Å²) in [4.78, 5) is 21.2. The van der Waals surface area contributed by atoms with Crippen LogP contribution in [0, 0.1) is 11.2 Å². The van der Waals surface area contributed by atoms with Crippen molar-refractivity contribution < 1.29 is 13.9 Å². The number of hydrogen-bond acceptors (Lipinski definition) is 3. The number of benzene rings is 2. The van der Waals surface area contributed by atoms with Crippen LogP contribution >= 0.6 is 0 Å². The van der Waals surface area contributed by atoms with Gasteiger partial charge in [-0.3, -0.25) is 4.79 Å². The average molecular weight is 395 g/mol. The van der Waals surface area contributed by atoms with Gasteiger partial charge in [-0.2, -0.15) is 0 Å². The van der Waals surface area contributed by atoms with E-state index in [4.69, 9.17) is 4.74 Å². The fourth-order valence-electron chi connectivity index (χ4n) is 4.16. The summed E-state index contributed by atoms with van der Waals surface area (Å²) in [5.41, 5.74) is 1.50. The van der Waals surface area contributed by atoms with Crippen LogP contribution in [-0.2, 0) is 11.2 Å². The lowest BCUT2D eigenvalue weighted by atomic mass is 9.81. The molecule has 0 saturated heterocycles. The molecule has 1 amide bonds. The number of carbonyl (C=O) groups is 1. The Kier molecular flexibility index (Phi) is 5.51. The minimum absolute atomic E-state index is 0.0602. The van der Waals surface area contributed by atoms with Crippen molar-refractivity contribution in [3.63, 3.8) is 0 Å². The zero-order chi connectivity index (χ0) is 20.3. The van der Waals surface area contributed by atoms with Gasteiger partial charge in [0.05, 0.1) is 23.0 Å². The van der Waals surface area contributed by atoms with E-state index in [1.807, 2.05) is 31.2 Å². The molecule has 152 valence electrons. The highest BCUT2D eigenvalue weighted by molar-refractivity contribution is 5.83. The van der Waals surface area contributed by atoms with Gasteiger partial charge in [0, 0.05) is 6.42 Å². The Morgan fingerprint density at radius 1 is 1.21 bits per heavy atom. The number of imidazole rings is 1. The van der Waals surface area contributed by atoms with Crippen LogP contribution in [0.25, 0.3) is 11.0 Å². The molecule has 6 heteroatoms. The highest BCUT2D eigenvalue weighted by atomic mass is 19.1. The number of ether oxygens (including phenoxy) is 1. The number of nitrogens with one attached hydrogen (secondary N) is 2. The van der Waals surface area contributed by atoms with Gasteiger partial charge < -0.3 is 15.0 Å². The predicted octanol–water partition coefficient (Wildman–Crippen LogP) is 4.39. The number of para-hydroxylation sites is 2. The zero-order valence-corrected chi connectivity index (χ0v) is 16.6. The van der Waals surface area contributed by atoms with E-state index in [2.05, 4.69) is 15.3 Å². The van der Waals surface area contributed by atoms with Crippen LogP contribution in [0.1, 0.15) is 38.4 Å². The first kappa shape index (κ1) is 19.4. The van der Waals surface area contributed by atoms with Gasteiger partial charge in [0.15, 0.2) is 0 Å². The lowest BCUT2D eigenvalue weighted by Gasteiger charge is -2.27. The van der Waals surface area contributed by atoms with Gasteiger partial charge in [0.2, 0.25) is 5.91 Å². The van der Waals surface area contributed by atoms with Crippen LogP contribution in [0.3, 0.4) is 0 Å². The Morgan fingerprint density at radius 3 is 2.66 bits per heavy atom. The van der Waals surface area contributed by atoms with Crippen LogP contribution in [0.15, 0.2) is 48.5 Å². The number of H-pyrrole nitrogens is 1. The summed E-state index contributed by atoms with van der Waals surface area (Å²) in [6.07, 6.45) is 4.23. The lowest BCUT2D eigenvalue weighted by Crippen LogP contribution is -2.44. The first-order chi connectivity index (χ1) is 14.0. The van der Waals surface area contributed by atoms with Crippen molar-refractivity contribution in [3.8, 4) is 5.75 Å². The molecule has 29 heavy (non-hydrogen) atoms. The molecule has 0 bridgehead atoms. The maximum atomic E-state index is 13.1. The number of aromatic nitrogens is 2. The van der Waals surface area contributed by atoms with Crippen molar-refractivity contribution in [1.82, 2.24) is 15.3 Å². The van der Waals surface area contributed by atoms with Gasteiger partial charge in [-0.05, 0) is 56.2 Å². The summed E-state index contributed by atoms with van der Waals surface area (Å²) in [6.45, 7) is 2.29. The molecule has 1 aliphatic carbocycles. The SMILES string of the molecule is C[C@@H](CNC(=O)C1(Cc2nc3ccccc3[nH]2)CCCC1)Oc1ccc(F)cc1. The van der Waals surface area contributed by atoms with Gasteiger partial charge >= 0.3 is 0 Å². The molecule has 0 unspecified atom stereocenters. The van der Waals surface area contributed by atoms with Gasteiger partial charge in [-0.25, -0.2) is 9.37 Å². The first-order valence-electron chi connectivity index (χ1n) is 10.2. The summed E-state index contributed by atoms with van der Waals surface area (Å²) in [7, 11) is 0. The highest BCUT2D eigenvalue weighted by Crippen LogP contribution is 2.41. The Morgan fingerprint density at radius 2 is 1.93 bits per heavy atom. The Labute approximate surface area is 169 Å². The molecular formula is C23H26FN3O2. The fraction of sp³-hybridized carbons (Fsp3) is 0.391. The quantitative estimate of drug-likeness (QED) is 0.624. The molecule has 1 fully saturated rings. The molecule has 4 rings (SSSR count). The van der Waals surface area contributed by atoms with E-state index in [9.17, 15) is 9.18 Å². The summed E-state index contributed by atoms with van der Waals surface area (Å²) in [6, 6.07) is 13.8. The lowest BCUT2D eigenvalue weighted by molar-refractivity contribution is -0.131. The van der Waals surface area contributed by atoms with Crippen LogP contribution in [0.4, 0.5) is 4.39 Å². The van der Waals surface area contributed by atoms with Crippen LogP contribution < -0.4 is 10.1 Å². The van der Waals surface area contributed by atoms with Crippen LogP contribution in [0.2, 0.25) is 0 Å². The second-order valence-electron chi connectivity index (χ2n) is 7.96. The maximum Gasteiger partial charge on any atom is 0.226 e. The molecule has 5 nitrogen and oxygen atoms in total. The molecule has 1 saturated carbocycles. The van der Waals surface area contributed by atoms with E-state index < -0.39 is 5.41 Å². The van der Waals surface area contributed by atoms with E-state index in [0.717, 1.165) is 42.5 Å². The standard InChI is InChI=1S/C23H26FN3O2/c1-16(29-18-10-8-17(24)9-11-18)15-25-22(28)23(12-4-5-13-23)14-21-26-19-6-2-3-7-20(19)27-21/h2-3,6-11,16H,4-5,12-15H2,1H3,(H,25,28)(H,26,27)/t16-/m0/s1. The normalized spacial score (nSPS) is 16.6. The average Bonchev–Trinajstić information content (AvgIpc) is 3.35. The topological polar surface area (TPSA) is 67.0 Å². The summed E-state index contributed by atoms with van der Waals surface area (Å²) < 4.78 is 18.8. The largest absolute Gasteiger partial charge is 0.489 e. The summed E-state index contributed by atoms with van der Waals surface area (Å²) in [5, 5.41) is 3.07. The smallest absolute Gasteiger partial charge is 0.226 e. The number of halogens is 1. The molecule has 0 spiro atoms. The number of rotatable bonds is 7. The van der Waals surface area contributed by atoms with Crippen molar-refractivity contribution in [1.29, 1.82) is 0 Å². The minimum Gasteiger partial charge on any atom is -0.489 e. The number of hydrogen-bond donors (Lipinski definition) is 2. The number of carbonyl (C=O) groups excluding carboxylic acids is 1. The Bertz CT molecular complexity index is 944. The molecule has 1 aliphatic rings. The van der Waals surface area contributed by atoms with Crippen LogP contribution in [-0.4, -0.2) is 28.5 Å². The van der Waals surface area contributed by atoms with Gasteiger partial charge in [-0.1, -0.05) is 25.0 Å². The van der Waals surface area contributed by atoms with Gasteiger partial charge in [0.1, 0.15) is 23.5 Å². The highest BCUT2D eigenvalue weighted by Gasteiger charge is 2.41. The Balaban J connectivity index is 1.39. The second-order valence-corrected chi connectivity index (χ2v) is 7.96. The molecule has 2 aromatic carbocycles. The third-order valence-corrected chi connectivity index (χ3v) is 5.69. The molecule has 2 N–H and O–H groups in total.